The summed E-state index contributed by atoms with van der Waals surface area (Å²) < 4.78 is 0. The number of nitro benzene ring substituents is 2. The minimum absolute atomic E-state index is 0.0165. The number of carbonyl (C=O) groups excluding carboxylic acids is 1. The van der Waals surface area contributed by atoms with Crippen molar-refractivity contribution >= 4 is 17.3 Å². The van der Waals surface area contributed by atoms with Gasteiger partial charge in [-0.1, -0.05) is 24.3 Å². The average Bonchev–Trinajstić information content (AvgIpc) is 2.73. The number of piperazine rings is 1. The van der Waals surface area contributed by atoms with Gasteiger partial charge >= 0.3 is 0 Å². The number of non-ortho nitro benzene ring substituents is 2. The van der Waals surface area contributed by atoms with Crippen molar-refractivity contribution in [3.05, 3.63) is 79.9 Å². The molecular formula is C20H22N4O5. The molecule has 1 heterocycles. The lowest BCUT2D eigenvalue weighted by atomic mass is 10.1. The Morgan fingerprint density at radius 2 is 1.28 bits per heavy atom. The molecule has 0 aliphatic carbocycles. The summed E-state index contributed by atoms with van der Waals surface area (Å²) in [4.78, 5) is 37.1. The van der Waals surface area contributed by atoms with E-state index in [1.165, 1.54) is 24.3 Å². The fraction of sp³-hybridized carbons (Fsp3) is 0.350. The number of benzene rings is 2. The predicted molar refractivity (Wildman–Crippen MR) is 107 cm³/mol. The Kier molecular flexibility index (Phi) is 6.50. The second-order valence-electron chi connectivity index (χ2n) is 7.00. The summed E-state index contributed by atoms with van der Waals surface area (Å²) in [6.07, 6.45) is 1.04. The van der Waals surface area contributed by atoms with E-state index in [9.17, 15) is 25.0 Å². The zero-order valence-electron chi connectivity index (χ0n) is 15.9. The summed E-state index contributed by atoms with van der Waals surface area (Å²) in [5.74, 6) is 0.0221. The van der Waals surface area contributed by atoms with E-state index >= 15 is 0 Å². The van der Waals surface area contributed by atoms with Crippen LogP contribution in [-0.2, 0) is 17.6 Å². The van der Waals surface area contributed by atoms with Crippen LogP contribution in [0.5, 0.6) is 0 Å². The van der Waals surface area contributed by atoms with E-state index in [0.717, 1.165) is 37.2 Å². The zero-order valence-corrected chi connectivity index (χ0v) is 15.9. The number of hydrogen-bond acceptors (Lipinski definition) is 6. The Bertz CT molecular complexity index is 875. The molecule has 0 radical (unpaired) electrons. The van der Waals surface area contributed by atoms with Gasteiger partial charge in [-0.2, -0.15) is 0 Å². The highest BCUT2D eigenvalue weighted by Crippen LogP contribution is 2.15. The summed E-state index contributed by atoms with van der Waals surface area (Å²) in [6, 6.07) is 12.7. The van der Waals surface area contributed by atoms with Crippen LogP contribution >= 0.6 is 0 Å². The number of amides is 1. The molecule has 9 heteroatoms. The summed E-state index contributed by atoms with van der Waals surface area (Å²) in [5.41, 5.74) is 1.92. The van der Waals surface area contributed by atoms with Crippen molar-refractivity contribution in [3.63, 3.8) is 0 Å². The normalized spacial score (nSPS) is 14.6. The van der Waals surface area contributed by atoms with Crippen LogP contribution in [0.1, 0.15) is 11.1 Å². The molecule has 0 atom stereocenters. The Morgan fingerprint density at radius 3 is 1.76 bits per heavy atom. The van der Waals surface area contributed by atoms with Crippen LogP contribution in [0.4, 0.5) is 11.4 Å². The molecule has 29 heavy (non-hydrogen) atoms. The van der Waals surface area contributed by atoms with Crippen molar-refractivity contribution in [3.8, 4) is 0 Å². The average molecular weight is 398 g/mol. The first-order valence-electron chi connectivity index (χ1n) is 9.39. The smallest absolute Gasteiger partial charge is 0.269 e. The highest BCUT2D eigenvalue weighted by atomic mass is 16.6. The van der Waals surface area contributed by atoms with Gasteiger partial charge in [0.25, 0.3) is 11.4 Å². The summed E-state index contributed by atoms with van der Waals surface area (Å²) in [6.45, 7) is 3.68. The van der Waals surface area contributed by atoms with E-state index in [4.69, 9.17) is 0 Å². The van der Waals surface area contributed by atoms with Crippen LogP contribution in [0, 0.1) is 20.2 Å². The second kappa shape index (κ2) is 9.24. The second-order valence-corrected chi connectivity index (χ2v) is 7.00. The molecule has 0 saturated carbocycles. The topological polar surface area (TPSA) is 110 Å². The molecule has 0 unspecified atom stereocenters. The van der Waals surface area contributed by atoms with Crippen LogP contribution < -0.4 is 0 Å². The Morgan fingerprint density at radius 1 is 0.793 bits per heavy atom. The standard InChI is InChI=1S/C20H22N4O5/c25-20(15-17-3-7-19(8-4-17)24(28)29)22-13-11-21(12-14-22)10-9-16-1-5-18(6-2-16)23(26)27/h1-8H,9-15H2. The molecular weight excluding hydrogens is 376 g/mol. The molecule has 9 nitrogen and oxygen atoms in total. The van der Waals surface area contributed by atoms with Gasteiger partial charge in [-0.15, -0.1) is 0 Å². The van der Waals surface area contributed by atoms with Gasteiger partial charge in [0.1, 0.15) is 0 Å². The van der Waals surface area contributed by atoms with Crippen molar-refractivity contribution < 1.29 is 14.6 Å². The Labute approximate surface area is 167 Å². The van der Waals surface area contributed by atoms with Crippen molar-refractivity contribution in [2.45, 2.75) is 12.8 Å². The minimum atomic E-state index is -0.457. The minimum Gasteiger partial charge on any atom is -0.340 e. The largest absolute Gasteiger partial charge is 0.340 e. The van der Waals surface area contributed by atoms with E-state index in [1.807, 2.05) is 4.90 Å². The molecule has 2 aromatic rings. The number of nitro groups is 2. The van der Waals surface area contributed by atoms with Crippen LogP contribution in [0.15, 0.2) is 48.5 Å². The van der Waals surface area contributed by atoms with E-state index in [-0.39, 0.29) is 23.7 Å². The first-order valence-corrected chi connectivity index (χ1v) is 9.39. The van der Waals surface area contributed by atoms with Crippen molar-refractivity contribution in [2.24, 2.45) is 0 Å². The maximum Gasteiger partial charge on any atom is 0.269 e. The molecule has 0 aromatic heterocycles. The van der Waals surface area contributed by atoms with Gasteiger partial charge < -0.3 is 4.90 Å². The molecule has 1 amide bonds. The fourth-order valence-corrected chi connectivity index (χ4v) is 3.31. The molecule has 1 fully saturated rings. The third-order valence-corrected chi connectivity index (χ3v) is 5.09. The lowest BCUT2D eigenvalue weighted by molar-refractivity contribution is -0.385. The maximum atomic E-state index is 12.5. The van der Waals surface area contributed by atoms with E-state index in [1.54, 1.807) is 24.3 Å². The Balaban J connectivity index is 1.43. The van der Waals surface area contributed by atoms with Gasteiger partial charge in [-0.3, -0.25) is 29.9 Å². The molecule has 0 N–H and O–H groups in total. The molecule has 0 bridgehead atoms. The van der Waals surface area contributed by atoms with Crippen molar-refractivity contribution in [1.29, 1.82) is 0 Å². The van der Waals surface area contributed by atoms with Crippen LogP contribution in [0.2, 0.25) is 0 Å². The summed E-state index contributed by atoms with van der Waals surface area (Å²) >= 11 is 0. The zero-order chi connectivity index (χ0) is 20.8. The number of carbonyl (C=O) groups is 1. The highest BCUT2D eigenvalue weighted by molar-refractivity contribution is 5.79. The van der Waals surface area contributed by atoms with Gasteiger partial charge in [-0.25, -0.2) is 0 Å². The predicted octanol–water partition coefficient (Wildman–Crippen LogP) is 2.43. The molecule has 2 aromatic carbocycles. The van der Waals surface area contributed by atoms with E-state index in [0.29, 0.717) is 13.1 Å². The van der Waals surface area contributed by atoms with Crippen molar-refractivity contribution in [1.82, 2.24) is 9.80 Å². The van der Waals surface area contributed by atoms with E-state index in [2.05, 4.69) is 4.90 Å². The number of nitrogens with zero attached hydrogens (tertiary/aromatic N) is 4. The van der Waals surface area contributed by atoms with Crippen LogP contribution in [0.3, 0.4) is 0 Å². The SMILES string of the molecule is O=C(Cc1ccc([N+](=O)[O-])cc1)N1CCN(CCc2ccc([N+](=O)[O-])cc2)CC1. The number of rotatable bonds is 7. The third kappa shape index (κ3) is 5.58. The van der Waals surface area contributed by atoms with Crippen LogP contribution in [0.25, 0.3) is 0 Å². The summed E-state index contributed by atoms with van der Waals surface area (Å²) in [5, 5.41) is 21.4. The number of hydrogen-bond donors (Lipinski definition) is 0. The third-order valence-electron chi connectivity index (χ3n) is 5.09. The first kappa shape index (κ1) is 20.4. The Hall–Kier alpha value is -3.33. The highest BCUT2D eigenvalue weighted by Gasteiger charge is 2.21. The monoisotopic (exact) mass is 398 g/mol. The van der Waals surface area contributed by atoms with Gasteiger partial charge in [0.15, 0.2) is 0 Å². The fourth-order valence-electron chi connectivity index (χ4n) is 3.31. The summed E-state index contributed by atoms with van der Waals surface area (Å²) in [7, 11) is 0. The van der Waals surface area contributed by atoms with Gasteiger partial charge in [0.05, 0.1) is 16.3 Å². The molecule has 152 valence electrons. The van der Waals surface area contributed by atoms with Gasteiger partial charge in [0, 0.05) is 57.0 Å². The van der Waals surface area contributed by atoms with Gasteiger partial charge in [0.2, 0.25) is 5.91 Å². The molecule has 1 aliphatic rings. The lowest BCUT2D eigenvalue weighted by Crippen LogP contribution is -2.49. The molecule has 0 spiro atoms. The quantitative estimate of drug-likeness (QED) is 0.523. The van der Waals surface area contributed by atoms with E-state index < -0.39 is 9.85 Å². The molecule has 1 saturated heterocycles. The molecule has 3 rings (SSSR count). The van der Waals surface area contributed by atoms with Gasteiger partial charge in [-0.05, 0) is 17.5 Å². The maximum absolute atomic E-state index is 12.5. The molecule has 1 aliphatic heterocycles. The first-order chi connectivity index (χ1) is 13.9. The van der Waals surface area contributed by atoms with Crippen LogP contribution in [-0.4, -0.2) is 58.3 Å². The van der Waals surface area contributed by atoms with Crippen molar-refractivity contribution in [2.75, 3.05) is 32.7 Å². The lowest BCUT2D eigenvalue weighted by Gasteiger charge is -2.34.